The topological polar surface area (TPSA) is 53.3 Å². The number of methoxy groups -OCH3 is 2. The summed E-state index contributed by atoms with van der Waals surface area (Å²) in [6.45, 7) is 0. The van der Waals surface area contributed by atoms with E-state index in [1.54, 1.807) is 37.2 Å². The largest absolute Gasteiger partial charge is 0.493 e. The number of Topliss-reactive ketones (excluding diaryl/α,β-unsaturated/α-hetero) is 1. The Bertz CT molecular complexity index is 995. The van der Waals surface area contributed by atoms with Crippen LogP contribution in [-0.2, 0) is 6.42 Å². The van der Waals surface area contributed by atoms with Gasteiger partial charge in [0.25, 0.3) is 0 Å². The molecule has 0 aliphatic heterocycles. The Morgan fingerprint density at radius 2 is 1.78 bits per heavy atom. The lowest BCUT2D eigenvalue weighted by molar-refractivity contribution is 0.0963. The van der Waals surface area contributed by atoms with Crippen LogP contribution in [0.1, 0.15) is 34.0 Å². The van der Waals surface area contributed by atoms with Crippen molar-refractivity contribution in [2.75, 3.05) is 14.2 Å². The number of rotatable bonds is 4. The highest BCUT2D eigenvalue weighted by Gasteiger charge is 2.30. The van der Waals surface area contributed by atoms with Gasteiger partial charge in [-0.1, -0.05) is 6.07 Å². The smallest absolute Gasteiger partial charge is 0.166 e. The summed E-state index contributed by atoms with van der Waals surface area (Å²) in [6.07, 6.45) is 2.68. The molecule has 1 aliphatic carbocycles. The lowest BCUT2D eigenvalue weighted by atomic mass is 9.82. The summed E-state index contributed by atoms with van der Waals surface area (Å²) in [7, 11) is 3.19. The number of hydrogen-bond acceptors (Lipinski definition) is 4. The van der Waals surface area contributed by atoms with Gasteiger partial charge >= 0.3 is 0 Å². The Labute approximate surface area is 156 Å². The van der Waals surface area contributed by atoms with E-state index in [9.17, 15) is 9.18 Å². The normalized spacial score (nSPS) is 16.1. The predicted molar refractivity (Wildman–Crippen MR) is 98.5 cm³/mol. The number of hydrogen-bond donors (Lipinski definition) is 0. The van der Waals surface area contributed by atoms with Crippen LogP contribution in [0.5, 0.6) is 11.5 Å². The molecule has 1 aliphatic rings. The van der Waals surface area contributed by atoms with E-state index in [4.69, 9.17) is 9.47 Å². The maximum Gasteiger partial charge on any atom is 0.166 e. The van der Waals surface area contributed by atoms with Crippen LogP contribution in [0.4, 0.5) is 4.39 Å². The van der Waals surface area contributed by atoms with Gasteiger partial charge in [0.2, 0.25) is 0 Å². The fourth-order valence-electron chi connectivity index (χ4n) is 3.59. The molecule has 0 bridgehead atoms. The Hall–Kier alpha value is -3.15. The van der Waals surface area contributed by atoms with Crippen molar-refractivity contribution >= 4 is 5.78 Å². The molecule has 0 fully saturated rings. The second-order valence-corrected chi connectivity index (χ2v) is 6.54. The summed E-state index contributed by atoms with van der Waals surface area (Å²) in [4.78, 5) is 12.7. The van der Waals surface area contributed by atoms with Crippen LogP contribution < -0.4 is 9.47 Å². The summed E-state index contributed by atoms with van der Waals surface area (Å²) in [5.41, 5.74) is 3.23. The van der Waals surface area contributed by atoms with E-state index in [1.165, 1.54) is 12.1 Å². The van der Waals surface area contributed by atoms with Crippen LogP contribution in [0, 0.1) is 5.82 Å². The maximum atomic E-state index is 13.2. The molecule has 0 saturated carbocycles. The summed E-state index contributed by atoms with van der Waals surface area (Å²) >= 11 is 0. The molecule has 0 saturated heterocycles. The van der Waals surface area contributed by atoms with Crippen LogP contribution in [-0.4, -0.2) is 29.8 Å². The molecule has 2 aromatic carbocycles. The summed E-state index contributed by atoms with van der Waals surface area (Å²) in [5.74, 6) is 1.06. The SMILES string of the molecule is COc1ccc([C@@H]2CC(=O)c3cnn(-c4ccc(F)cc4)c3C2)cc1OC. The van der Waals surface area contributed by atoms with Gasteiger partial charge in [-0.25, -0.2) is 9.07 Å². The quantitative estimate of drug-likeness (QED) is 0.702. The Kier molecular flexibility index (Phi) is 4.39. The van der Waals surface area contributed by atoms with Gasteiger partial charge in [0, 0.05) is 6.42 Å². The average molecular weight is 366 g/mol. The van der Waals surface area contributed by atoms with Crippen molar-refractivity contribution < 1.29 is 18.7 Å². The molecule has 1 heterocycles. The van der Waals surface area contributed by atoms with Gasteiger partial charge in [-0.15, -0.1) is 0 Å². The van der Waals surface area contributed by atoms with Crippen molar-refractivity contribution in [1.82, 2.24) is 9.78 Å². The minimum atomic E-state index is -0.306. The van der Waals surface area contributed by atoms with E-state index in [-0.39, 0.29) is 17.5 Å². The molecule has 138 valence electrons. The molecular weight excluding hydrogens is 347 g/mol. The minimum absolute atomic E-state index is 0.0145. The van der Waals surface area contributed by atoms with Crippen molar-refractivity contribution in [2.24, 2.45) is 0 Å². The second-order valence-electron chi connectivity index (χ2n) is 6.54. The number of nitrogens with zero attached hydrogens (tertiary/aromatic N) is 2. The summed E-state index contributed by atoms with van der Waals surface area (Å²) < 4.78 is 25.6. The molecular formula is C21H19FN2O3. The molecule has 1 atom stereocenters. The molecule has 0 N–H and O–H groups in total. The van der Waals surface area contributed by atoms with Crippen molar-refractivity contribution in [3.05, 3.63) is 71.3 Å². The zero-order valence-corrected chi connectivity index (χ0v) is 15.1. The number of carbonyl (C=O) groups excluding carboxylic acids is 1. The predicted octanol–water partition coefficient (Wildman–Crippen LogP) is 3.94. The van der Waals surface area contributed by atoms with Gasteiger partial charge in [0.05, 0.1) is 37.4 Å². The van der Waals surface area contributed by atoms with Crippen LogP contribution in [0.3, 0.4) is 0 Å². The summed E-state index contributed by atoms with van der Waals surface area (Å²) in [5, 5.41) is 4.37. The molecule has 0 unspecified atom stereocenters. The molecule has 0 radical (unpaired) electrons. The highest BCUT2D eigenvalue weighted by Crippen LogP contribution is 2.37. The van der Waals surface area contributed by atoms with E-state index >= 15 is 0 Å². The first-order chi connectivity index (χ1) is 13.1. The van der Waals surface area contributed by atoms with Crippen molar-refractivity contribution in [2.45, 2.75) is 18.8 Å². The van der Waals surface area contributed by atoms with Gasteiger partial charge in [-0.3, -0.25) is 4.79 Å². The molecule has 4 rings (SSSR count). The fraction of sp³-hybridized carbons (Fsp3) is 0.238. The first kappa shape index (κ1) is 17.3. The maximum absolute atomic E-state index is 13.2. The van der Waals surface area contributed by atoms with Crippen LogP contribution in [0.15, 0.2) is 48.7 Å². The highest BCUT2D eigenvalue weighted by molar-refractivity contribution is 5.98. The summed E-state index contributed by atoms with van der Waals surface area (Å²) in [6, 6.07) is 11.8. The third-order valence-electron chi connectivity index (χ3n) is 4.99. The van der Waals surface area contributed by atoms with E-state index in [0.717, 1.165) is 16.9 Å². The van der Waals surface area contributed by atoms with Crippen LogP contribution in [0.2, 0.25) is 0 Å². The van der Waals surface area contributed by atoms with Crippen molar-refractivity contribution in [3.8, 4) is 17.2 Å². The lowest BCUT2D eigenvalue weighted by Gasteiger charge is -2.23. The zero-order valence-electron chi connectivity index (χ0n) is 15.1. The molecule has 6 heteroatoms. The van der Waals surface area contributed by atoms with E-state index in [1.807, 2.05) is 18.2 Å². The standard InChI is InChI=1S/C21H19FN2O3/c1-26-20-8-3-13(11-21(20)27-2)14-9-18-17(19(25)10-14)12-23-24(18)16-6-4-15(22)5-7-16/h3-8,11-12,14H,9-10H2,1-2H3/t14-/m0/s1. The number of aromatic nitrogens is 2. The first-order valence-corrected chi connectivity index (χ1v) is 8.68. The van der Waals surface area contributed by atoms with Gasteiger partial charge < -0.3 is 9.47 Å². The molecule has 3 aromatic rings. The van der Waals surface area contributed by atoms with Crippen molar-refractivity contribution in [3.63, 3.8) is 0 Å². The van der Waals surface area contributed by atoms with Crippen molar-refractivity contribution in [1.29, 1.82) is 0 Å². The molecule has 0 spiro atoms. The Balaban J connectivity index is 1.71. The lowest BCUT2D eigenvalue weighted by Crippen LogP contribution is -2.20. The van der Waals surface area contributed by atoms with Gasteiger partial charge in [0.1, 0.15) is 5.82 Å². The van der Waals surface area contributed by atoms with E-state index in [0.29, 0.717) is 29.9 Å². The number of ketones is 1. The van der Waals surface area contributed by atoms with E-state index < -0.39 is 0 Å². The molecule has 1 aromatic heterocycles. The van der Waals surface area contributed by atoms with Gasteiger partial charge in [0.15, 0.2) is 17.3 Å². The van der Waals surface area contributed by atoms with Gasteiger partial charge in [-0.05, 0) is 54.3 Å². The third kappa shape index (κ3) is 3.07. The third-order valence-corrected chi connectivity index (χ3v) is 4.99. The zero-order chi connectivity index (χ0) is 19.0. The van der Waals surface area contributed by atoms with Crippen LogP contribution in [0.25, 0.3) is 5.69 Å². The fourth-order valence-corrected chi connectivity index (χ4v) is 3.59. The molecule has 5 nitrogen and oxygen atoms in total. The monoisotopic (exact) mass is 366 g/mol. The highest BCUT2D eigenvalue weighted by atomic mass is 19.1. The molecule has 27 heavy (non-hydrogen) atoms. The van der Waals surface area contributed by atoms with Gasteiger partial charge in [-0.2, -0.15) is 5.10 Å². The minimum Gasteiger partial charge on any atom is -0.493 e. The number of fused-ring (bicyclic) bond motifs is 1. The number of halogens is 1. The second kappa shape index (κ2) is 6.87. The first-order valence-electron chi connectivity index (χ1n) is 8.68. The Morgan fingerprint density at radius 1 is 1.04 bits per heavy atom. The van der Waals surface area contributed by atoms with E-state index in [2.05, 4.69) is 5.10 Å². The number of benzene rings is 2. The molecule has 0 amide bonds. The number of ether oxygens (including phenoxy) is 2. The number of carbonyl (C=O) groups is 1. The van der Waals surface area contributed by atoms with Crippen LogP contribution >= 0.6 is 0 Å². The average Bonchev–Trinajstić information content (AvgIpc) is 3.12. The Morgan fingerprint density at radius 3 is 2.48 bits per heavy atom.